The van der Waals surface area contributed by atoms with E-state index < -0.39 is 17.4 Å². The Hall–Kier alpha value is -1.16. The highest BCUT2D eigenvalue weighted by Gasteiger charge is 2.10. The molecule has 0 saturated carbocycles. The van der Waals surface area contributed by atoms with E-state index in [2.05, 4.69) is 0 Å². The van der Waals surface area contributed by atoms with Gasteiger partial charge in [0.1, 0.15) is 5.82 Å². The Morgan fingerprint density at radius 1 is 1.25 bits per heavy atom. The number of halogens is 2. The number of thiophene rings is 1. The summed E-state index contributed by atoms with van der Waals surface area (Å²) in [6.07, 6.45) is 0. The van der Waals surface area contributed by atoms with Gasteiger partial charge in [-0.05, 0) is 12.1 Å². The summed E-state index contributed by atoms with van der Waals surface area (Å²) >= 11 is 0.945. The Balaban J connectivity index is 2.93. The zero-order valence-electron chi connectivity index (χ0n) is 5.84. The van der Waals surface area contributed by atoms with Crippen LogP contribution in [0.2, 0.25) is 0 Å². The quantitative estimate of drug-likeness (QED) is 0.670. The molecule has 1 N–H and O–H groups in total. The van der Waals surface area contributed by atoms with E-state index in [0.717, 1.165) is 17.4 Å². The van der Waals surface area contributed by atoms with Gasteiger partial charge in [-0.2, -0.15) is 0 Å². The Kier molecular flexibility index (Phi) is 1.51. The first kappa shape index (κ1) is 7.49. The van der Waals surface area contributed by atoms with Crippen LogP contribution in [-0.2, 0) is 0 Å². The van der Waals surface area contributed by atoms with E-state index in [1.807, 2.05) is 0 Å². The number of aromatic hydroxyl groups is 1. The molecule has 0 aliphatic carbocycles. The lowest BCUT2D eigenvalue weighted by Crippen LogP contribution is -1.76. The highest BCUT2D eigenvalue weighted by atomic mass is 32.1. The molecule has 1 aromatic heterocycles. The van der Waals surface area contributed by atoms with Crippen LogP contribution in [0.3, 0.4) is 0 Å². The predicted molar refractivity (Wildman–Crippen MR) is 43.4 cm³/mol. The summed E-state index contributed by atoms with van der Waals surface area (Å²) < 4.78 is 26.0. The van der Waals surface area contributed by atoms with Gasteiger partial charge in [-0.25, -0.2) is 8.78 Å². The SMILES string of the molecule is Oc1ccc2c(F)csc2c1F. The first-order valence-electron chi connectivity index (χ1n) is 3.24. The molecule has 0 unspecified atom stereocenters. The molecule has 0 amide bonds. The third-order valence-corrected chi connectivity index (χ3v) is 2.57. The summed E-state index contributed by atoms with van der Waals surface area (Å²) in [5.74, 6) is -1.64. The minimum Gasteiger partial charge on any atom is -0.505 e. The molecule has 0 radical (unpaired) electrons. The summed E-state index contributed by atoms with van der Waals surface area (Å²) in [4.78, 5) is 0. The maximum atomic E-state index is 13.0. The molecule has 12 heavy (non-hydrogen) atoms. The molecule has 0 atom stereocenters. The summed E-state index contributed by atoms with van der Waals surface area (Å²) in [6.45, 7) is 0. The Labute approximate surface area is 70.9 Å². The van der Waals surface area contributed by atoms with Crippen LogP contribution < -0.4 is 0 Å². The zero-order chi connectivity index (χ0) is 8.72. The van der Waals surface area contributed by atoms with Crippen molar-refractivity contribution in [3.63, 3.8) is 0 Å². The van der Waals surface area contributed by atoms with Crippen LogP contribution >= 0.6 is 11.3 Å². The molecular weight excluding hydrogens is 182 g/mol. The number of phenolic OH excluding ortho intramolecular Hbond substituents is 1. The van der Waals surface area contributed by atoms with E-state index in [1.165, 1.54) is 11.4 Å². The van der Waals surface area contributed by atoms with E-state index in [-0.39, 0.29) is 10.1 Å². The first-order valence-corrected chi connectivity index (χ1v) is 4.12. The van der Waals surface area contributed by atoms with Gasteiger partial charge < -0.3 is 5.11 Å². The molecule has 0 aliphatic heterocycles. The Bertz CT molecular complexity index is 436. The normalized spacial score (nSPS) is 10.8. The topological polar surface area (TPSA) is 20.2 Å². The maximum absolute atomic E-state index is 13.0. The van der Waals surface area contributed by atoms with Crippen LogP contribution in [0.4, 0.5) is 8.78 Å². The third kappa shape index (κ3) is 0.881. The van der Waals surface area contributed by atoms with Crippen molar-refractivity contribution >= 4 is 21.4 Å². The van der Waals surface area contributed by atoms with E-state index in [1.54, 1.807) is 0 Å². The number of hydrogen-bond acceptors (Lipinski definition) is 2. The first-order chi connectivity index (χ1) is 5.70. The van der Waals surface area contributed by atoms with E-state index in [0.29, 0.717) is 0 Å². The summed E-state index contributed by atoms with van der Waals surface area (Å²) in [6, 6.07) is 2.51. The van der Waals surface area contributed by atoms with Crippen molar-refractivity contribution in [3.8, 4) is 5.75 Å². The molecule has 2 aromatic rings. The lowest BCUT2D eigenvalue weighted by molar-refractivity contribution is 0.436. The van der Waals surface area contributed by atoms with Crippen molar-refractivity contribution < 1.29 is 13.9 Å². The highest BCUT2D eigenvalue weighted by Crippen LogP contribution is 2.31. The van der Waals surface area contributed by atoms with Crippen molar-refractivity contribution in [3.05, 3.63) is 29.1 Å². The number of phenols is 1. The second-order valence-electron chi connectivity index (χ2n) is 2.36. The van der Waals surface area contributed by atoms with Crippen molar-refractivity contribution in [2.45, 2.75) is 0 Å². The van der Waals surface area contributed by atoms with Crippen molar-refractivity contribution in [2.75, 3.05) is 0 Å². The van der Waals surface area contributed by atoms with Crippen molar-refractivity contribution in [1.29, 1.82) is 0 Å². The number of fused-ring (bicyclic) bond motifs is 1. The number of hydrogen-bond donors (Lipinski definition) is 1. The van der Waals surface area contributed by atoms with Gasteiger partial charge in [0.2, 0.25) is 0 Å². The van der Waals surface area contributed by atoms with Crippen LogP contribution in [0.25, 0.3) is 10.1 Å². The van der Waals surface area contributed by atoms with Crippen LogP contribution in [0.5, 0.6) is 5.75 Å². The molecule has 1 aromatic carbocycles. The summed E-state index contributed by atoms with van der Waals surface area (Å²) in [7, 11) is 0. The average molecular weight is 186 g/mol. The molecule has 4 heteroatoms. The summed E-state index contributed by atoms with van der Waals surface area (Å²) in [5.41, 5.74) is 0. The largest absolute Gasteiger partial charge is 0.505 e. The minimum atomic E-state index is -0.749. The maximum Gasteiger partial charge on any atom is 0.182 e. The van der Waals surface area contributed by atoms with E-state index >= 15 is 0 Å². The van der Waals surface area contributed by atoms with Gasteiger partial charge in [0, 0.05) is 10.8 Å². The fourth-order valence-electron chi connectivity index (χ4n) is 1.02. The second kappa shape index (κ2) is 2.42. The second-order valence-corrected chi connectivity index (χ2v) is 3.24. The van der Waals surface area contributed by atoms with Gasteiger partial charge in [0.05, 0.1) is 4.70 Å². The van der Waals surface area contributed by atoms with Gasteiger partial charge in [0.25, 0.3) is 0 Å². The molecule has 0 spiro atoms. The molecule has 62 valence electrons. The molecule has 1 heterocycles. The zero-order valence-corrected chi connectivity index (χ0v) is 6.66. The molecule has 0 saturated heterocycles. The van der Waals surface area contributed by atoms with Gasteiger partial charge in [0.15, 0.2) is 11.6 Å². The Morgan fingerprint density at radius 2 is 2.00 bits per heavy atom. The standard InChI is InChI=1S/C8H4F2OS/c9-5-3-12-8-4(5)1-2-6(11)7(8)10/h1-3,11H. The van der Waals surface area contributed by atoms with Gasteiger partial charge in [-0.15, -0.1) is 11.3 Å². The number of rotatable bonds is 0. The highest BCUT2D eigenvalue weighted by molar-refractivity contribution is 7.17. The lowest BCUT2D eigenvalue weighted by Gasteiger charge is -1.94. The smallest absolute Gasteiger partial charge is 0.182 e. The molecular formula is C8H4F2OS. The predicted octanol–water partition coefficient (Wildman–Crippen LogP) is 2.89. The molecule has 0 fully saturated rings. The van der Waals surface area contributed by atoms with Crippen LogP contribution in [-0.4, -0.2) is 5.11 Å². The minimum absolute atomic E-state index is 0.160. The van der Waals surface area contributed by atoms with Crippen molar-refractivity contribution in [1.82, 2.24) is 0 Å². The molecule has 2 rings (SSSR count). The fraction of sp³-hybridized carbons (Fsp3) is 0. The van der Waals surface area contributed by atoms with E-state index in [4.69, 9.17) is 5.11 Å². The summed E-state index contributed by atoms with van der Waals surface area (Å²) in [5, 5.41) is 10.4. The van der Waals surface area contributed by atoms with Gasteiger partial charge in [-0.3, -0.25) is 0 Å². The van der Waals surface area contributed by atoms with Crippen LogP contribution in [0.15, 0.2) is 17.5 Å². The molecule has 0 bridgehead atoms. The van der Waals surface area contributed by atoms with Crippen molar-refractivity contribution in [2.24, 2.45) is 0 Å². The monoisotopic (exact) mass is 186 g/mol. The van der Waals surface area contributed by atoms with Crippen LogP contribution in [0.1, 0.15) is 0 Å². The van der Waals surface area contributed by atoms with Gasteiger partial charge in [-0.1, -0.05) is 0 Å². The molecule has 1 nitrogen and oxygen atoms in total. The van der Waals surface area contributed by atoms with Gasteiger partial charge >= 0.3 is 0 Å². The Morgan fingerprint density at radius 3 is 2.75 bits per heavy atom. The fourth-order valence-corrected chi connectivity index (χ4v) is 1.87. The average Bonchev–Trinajstić information content (AvgIpc) is 2.41. The van der Waals surface area contributed by atoms with E-state index in [9.17, 15) is 8.78 Å². The molecule has 0 aliphatic rings. The lowest BCUT2D eigenvalue weighted by atomic mass is 10.2. The number of benzene rings is 1. The third-order valence-electron chi connectivity index (χ3n) is 1.61. The van der Waals surface area contributed by atoms with Crippen LogP contribution in [0, 0.1) is 11.6 Å².